The molecule has 2 heterocycles. The molecular weight excluding hydrogens is 412 g/mol. The molecule has 1 aliphatic heterocycles. The number of aromatic nitrogens is 2. The van der Waals surface area contributed by atoms with Crippen LogP contribution >= 0.6 is 0 Å². The number of rotatable bonds is 6. The van der Waals surface area contributed by atoms with Crippen molar-refractivity contribution in [2.75, 3.05) is 20.3 Å². The largest absolute Gasteiger partial charge is 0.460 e. The Bertz CT molecular complexity index is 1120. The highest BCUT2D eigenvalue weighted by molar-refractivity contribution is 6.00. The number of hydrogen-bond acceptors (Lipinski definition) is 8. The minimum atomic E-state index is -0.680. The minimum absolute atomic E-state index is 0.142. The monoisotopic (exact) mass is 434 g/mol. The smallest absolute Gasteiger partial charge is 0.379 e. The van der Waals surface area contributed by atoms with E-state index < -0.39 is 12.0 Å². The van der Waals surface area contributed by atoms with Gasteiger partial charge in [-0.25, -0.2) is 4.79 Å². The lowest BCUT2D eigenvalue weighted by Gasteiger charge is -2.21. The lowest BCUT2D eigenvalue weighted by molar-refractivity contribution is 0.0508. The zero-order chi connectivity index (χ0) is 22.5. The van der Waals surface area contributed by atoms with Crippen molar-refractivity contribution >= 4 is 17.6 Å². The molecule has 1 fully saturated rings. The van der Waals surface area contributed by atoms with Gasteiger partial charge in [-0.15, -0.1) is 0 Å². The molecule has 0 saturated carbocycles. The summed E-state index contributed by atoms with van der Waals surface area (Å²) in [6.45, 7) is 2.13. The van der Waals surface area contributed by atoms with Crippen molar-refractivity contribution in [3.05, 3.63) is 71.9 Å². The molecule has 0 unspecified atom stereocenters. The van der Waals surface area contributed by atoms with E-state index in [1.54, 1.807) is 24.0 Å². The summed E-state index contributed by atoms with van der Waals surface area (Å²) in [4.78, 5) is 35.8. The number of hydrogen-bond donors (Lipinski definition) is 0. The van der Waals surface area contributed by atoms with Crippen LogP contribution in [0.15, 0.2) is 64.3 Å². The second-order valence-corrected chi connectivity index (χ2v) is 7.11. The van der Waals surface area contributed by atoms with Gasteiger partial charge in [-0.2, -0.15) is 4.98 Å². The van der Waals surface area contributed by atoms with Gasteiger partial charge in [-0.3, -0.25) is 4.79 Å². The molecule has 3 aromatic rings. The number of likely N-dealkylation sites (tertiary alicyclic amines) is 1. The van der Waals surface area contributed by atoms with E-state index in [4.69, 9.17) is 14.1 Å². The van der Waals surface area contributed by atoms with E-state index >= 15 is 0 Å². The van der Waals surface area contributed by atoms with Crippen molar-refractivity contribution in [3.63, 3.8) is 0 Å². The van der Waals surface area contributed by atoms with E-state index in [-0.39, 0.29) is 30.8 Å². The second-order valence-electron chi connectivity index (χ2n) is 7.11. The summed E-state index contributed by atoms with van der Waals surface area (Å²) in [5.41, 5.74) is 3.25. The lowest BCUT2D eigenvalue weighted by Crippen LogP contribution is -2.31. The molecule has 1 amide bonds. The molecule has 164 valence electrons. The van der Waals surface area contributed by atoms with Crippen molar-refractivity contribution in [2.24, 2.45) is 5.16 Å². The fraction of sp³-hybridized carbons (Fsp3) is 0.261. The Labute approximate surface area is 184 Å². The topological polar surface area (TPSA) is 107 Å². The molecule has 9 nitrogen and oxygen atoms in total. The molecule has 0 aliphatic carbocycles. The molecule has 0 spiro atoms. The first kappa shape index (κ1) is 21.2. The Morgan fingerprint density at radius 3 is 2.53 bits per heavy atom. The van der Waals surface area contributed by atoms with Gasteiger partial charge in [0.2, 0.25) is 5.89 Å². The van der Waals surface area contributed by atoms with Crippen LogP contribution in [0.5, 0.6) is 0 Å². The van der Waals surface area contributed by atoms with E-state index in [2.05, 4.69) is 15.3 Å². The van der Waals surface area contributed by atoms with Gasteiger partial charge in [-0.05, 0) is 35.3 Å². The summed E-state index contributed by atoms with van der Waals surface area (Å²) in [5.74, 6) is -0.935. The van der Waals surface area contributed by atoms with Gasteiger partial charge in [0.1, 0.15) is 13.2 Å². The molecule has 32 heavy (non-hydrogen) atoms. The number of amides is 1. The average molecular weight is 434 g/mol. The van der Waals surface area contributed by atoms with Crippen LogP contribution in [0.25, 0.3) is 11.1 Å². The van der Waals surface area contributed by atoms with Gasteiger partial charge in [0, 0.05) is 12.0 Å². The van der Waals surface area contributed by atoms with Gasteiger partial charge >= 0.3 is 5.97 Å². The predicted molar refractivity (Wildman–Crippen MR) is 115 cm³/mol. The van der Waals surface area contributed by atoms with Crippen LogP contribution in [-0.2, 0) is 9.57 Å². The molecule has 0 N–H and O–H groups in total. The number of nitrogens with zero attached hydrogens (tertiary/aromatic N) is 4. The van der Waals surface area contributed by atoms with Gasteiger partial charge in [0.15, 0.2) is 0 Å². The third-order valence-electron chi connectivity index (χ3n) is 5.06. The van der Waals surface area contributed by atoms with E-state index in [0.717, 1.165) is 11.1 Å². The molecule has 2 aromatic carbocycles. The summed E-state index contributed by atoms with van der Waals surface area (Å²) >= 11 is 0. The molecule has 4 rings (SSSR count). The van der Waals surface area contributed by atoms with Crippen LogP contribution in [-0.4, -0.2) is 52.9 Å². The van der Waals surface area contributed by atoms with Crippen LogP contribution in [0.3, 0.4) is 0 Å². The molecule has 1 aromatic heterocycles. The molecule has 0 bridgehead atoms. The summed E-state index contributed by atoms with van der Waals surface area (Å²) < 4.78 is 10.2. The SMILES string of the molecule is CCOC(=O)c1noc([C@@H]2C/C(=N/OC)CN2C(=O)c2ccc(-c3ccccc3)cc2)n1. The summed E-state index contributed by atoms with van der Waals surface area (Å²) in [5, 5.41) is 7.68. The van der Waals surface area contributed by atoms with E-state index in [9.17, 15) is 9.59 Å². The van der Waals surface area contributed by atoms with Crippen LogP contribution < -0.4 is 0 Å². The average Bonchev–Trinajstić information content (AvgIpc) is 3.47. The van der Waals surface area contributed by atoms with E-state index in [0.29, 0.717) is 17.7 Å². The van der Waals surface area contributed by atoms with Crippen molar-refractivity contribution in [1.82, 2.24) is 15.0 Å². The first-order valence-corrected chi connectivity index (χ1v) is 10.2. The summed E-state index contributed by atoms with van der Waals surface area (Å²) in [6.07, 6.45) is 0.353. The number of esters is 1. The number of carbonyl (C=O) groups excluding carboxylic acids is 2. The third kappa shape index (κ3) is 4.36. The predicted octanol–water partition coefficient (Wildman–Crippen LogP) is 3.50. The van der Waals surface area contributed by atoms with Crippen molar-refractivity contribution in [3.8, 4) is 11.1 Å². The quantitative estimate of drug-likeness (QED) is 0.432. The Morgan fingerprint density at radius 2 is 1.84 bits per heavy atom. The fourth-order valence-corrected chi connectivity index (χ4v) is 3.58. The number of carbonyl (C=O) groups is 2. The zero-order valence-electron chi connectivity index (χ0n) is 17.7. The fourth-order valence-electron chi connectivity index (χ4n) is 3.58. The minimum Gasteiger partial charge on any atom is -0.460 e. The maximum Gasteiger partial charge on any atom is 0.379 e. The molecule has 1 aliphatic rings. The maximum atomic E-state index is 13.3. The van der Waals surface area contributed by atoms with Crippen molar-refractivity contribution in [2.45, 2.75) is 19.4 Å². The van der Waals surface area contributed by atoms with Gasteiger partial charge < -0.3 is 19.0 Å². The van der Waals surface area contributed by atoms with Crippen molar-refractivity contribution in [1.29, 1.82) is 0 Å². The van der Waals surface area contributed by atoms with Crippen LogP contribution in [0.1, 0.15) is 46.3 Å². The maximum absolute atomic E-state index is 13.3. The normalized spacial score (nSPS) is 16.9. The van der Waals surface area contributed by atoms with Gasteiger partial charge in [0.25, 0.3) is 11.7 Å². The third-order valence-corrected chi connectivity index (χ3v) is 5.06. The first-order chi connectivity index (χ1) is 15.6. The summed E-state index contributed by atoms with van der Waals surface area (Å²) in [6, 6.07) is 16.7. The summed E-state index contributed by atoms with van der Waals surface area (Å²) in [7, 11) is 1.44. The second kappa shape index (κ2) is 9.42. The van der Waals surface area contributed by atoms with Crippen molar-refractivity contribution < 1.29 is 23.7 Å². The first-order valence-electron chi connectivity index (χ1n) is 10.2. The van der Waals surface area contributed by atoms with Crippen LogP contribution in [0, 0.1) is 0 Å². The Balaban J connectivity index is 1.59. The van der Waals surface area contributed by atoms with Crippen LogP contribution in [0.2, 0.25) is 0 Å². The molecule has 9 heteroatoms. The lowest BCUT2D eigenvalue weighted by atomic mass is 10.0. The van der Waals surface area contributed by atoms with Gasteiger partial charge in [-0.1, -0.05) is 47.6 Å². The number of benzene rings is 2. The molecule has 1 atom stereocenters. The highest BCUT2D eigenvalue weighted by Gasteiger charge is 2.39. The van der Waals surface area contributed by atoms with E-state index in [1.165, 1.54) is 7.11 Å². The van der Waals surface area contributed by atoms with Gasteiger partial charge in [0.05, 0.1) is 18.9 Å². The molecule has 0 radical (unpaired) electrons. The Kier molecular flexibility index (Phi) is 6.25. The zero-order valence-corrected chi connectivity index (χ0v) is 17.7. The Hall–Kier alpha value is -4.01. The number of ether oxygens (including phenoxy) is 1. The number of oxime groups is 1. The van der Waals surface area contributed by atoms with E-state index in [1.807, 2.05) is 42.5 Å². The standard InChI is InChI=1S/C23H22N4O5/c1-3-31-23(29)20-24-21(32-26-20)19-13-18(25-30-2)14-27(19)22(28)17-11-9-16(10-12-17)15-7-5-4-6-8-15/h4-12,19H,3,13-14H2,1-2H3/b25-18-/t19-/m0/s1. The Morgan fingerprint density at radius 1 is 1.12 bits per heavy atom. The molecular formula is C23H22N4O5. The molecule has 1 saturated heterocycles. The highest BCUT2D eigenvalue weighted by atomic mass is 16.6. The van der Waals surface area contributed by atoms with Crippen LogP contribution in [0.4, 0.5) is 0 Å². The highest BCUT2D eigenvalue weighted by Crippen LogP contribution is 2.32.